The predicted molar refractivity (Wildman–Crippen MR) is 176 cm³/mol. The van der Waals surface area contributed by atoms with Crippen LogP contribution >= 0.6 is 54.5 Å². The second-order valence-corrected chi connectivity index (χ2v) is 12.1. The summed E-state index contributed by atoms with van der Waals surface area (Å²) in [5.74, 6) is 1.00. The van der Waals surface area contributed by atoms with Crippen LogP contribution in [0.3, 0.4) is 0 Å². The molecule has 0 saturated heterocycles. The second-order valence-electron chi connectivity index (χ2n) is 9.18. The highest BCUT2D eigenvalue weighted by molar-refractivity contribution is 14.1. The third kappa shape index (κ3) is 7.13. The summed E-state index contributed by atoms with van der Waals surface area (Å²) in [6.45, 7) is 2.52. The van der Waals surface area contributed by atoms with Crippen LogP contribution in [0.5, 0.6) is 11.5 Å². The molecule has 0 spiro atoms. The number of aromatic nitrogens is 2. The number of alkyl halides is 3. The van der Waals surface area contributed by atoms with E-state index in [0.717, 1.165) is 34.9 Å². The number of nitrogens with zero attached hydrogens (tertiary/aromatic N) is 3. The zero-order valence-electron chi connectivity index (χ0n) is 22.3. The standard InChI is InChI=1S/C31H21Br2F3IN3O3/c1-2-42-27-13-18(12-25(37)28(27)43-17-20-10-11-22(32)15-24(20)33)16-38-40-29(19-6-5-7-21(14-19)31(34,35)36)39-26-9-4-3-8-23(26)30(40)41/h3-16H,2,17H2,1H3. The van der Waals surface area contributed by atoms with E-state index in [0.29, 0.717) is 29.2 Å². The van der Waals surface area contributed by atoms with Crippen molar-refractivity contribution in [2.45, 2.75) is 19.7 Å². The maximum Gasteiger partial charge on any atom is 0.416 e. The van der Waals surface area contributed by atoms with E-state index in [1.807, 2.05) is 31.2 Å². The van der Waals surface area contributed by atoms with Crippen LogP contribution in [0, 0.1) is 3.57 Å². The highest BCUT2D eigenvalue weighted by Crippen LogP contribution is 2.36. The van der Waals surface area contributed by atoms with Crippen molar-refractivity contribution in [3.63, 3.8) is 0 Å². The van der Waals surface area contributed by atoms with Crippen LogP contribution in [-0.4, -0.2) is 22.5 Å². The van der Waals surface area contributed by atoms with Gasteiger partial charge >= 0.3 is 6.18 Å². The molecule has 1 aromatic heterocycles. The third-order valence-electron chi connectivity index (χ3n) is 6.24. The topological polar surface area (TPSA) is 65.7 Å². The van der Waals surface area contributed by atoms with Gasteiger partial charge in [0.25, 0.3) is 5.56 Å². The summed E-state index contributed by atoms with van der Waals surface area (Å²) < 4.78 is 56.1. The molecule has 43 heavy (non-hydrogen) atoms. The van der Waals surface area contributed by atoms with Gasteiger partial charge in [-0.05, 0) is 83.6 Å². The maximum absolute atomic E-state index is 13.5. The molecule has 4 aromatic carbocycles. The first-order valence-electron chi connectivity index (χ1n) is 12.8. The van der Waals surface area contributed by atoms with E-state index in [4.69, 9.17) is 9.47 Å². The van der Waals surface area contributed by atoms with Crippen molar-refractivity contribution in [2.24, 2.45) is 5.10 Å². The smallest absolute Gasteiger partial charge is 0.416 e. The van der Waals surface area contributed by atoms with Crippen molar-refractivity contribution in [3.8, 4) is 22.9 Å². The highest BCUT2D eigenvalue weighted by Gasteiger charge is 2.31. The first kappa shape index (κ1) is 31.2. The van der Waals surface area contributed by atoms with E-state index in [-0.39, 0.29) is 23.4 Å². The van der Waals surface area contributed by atoms with E-state index in [1.165, 1.54) is 18.3 Å². The molecule has 1 heterocycles. The summed E-state index contributed by atoms with van der Waals surface area (Å²) in [5.41, 5.74) is 0.594. The fourth-order valence-electron chi connectivity index (χ4n) is 4.23. The Labute approximate surface area is 275 Å². The molecule has 0 atom stereocenters. The van der Waals surface area contributed by atoms with Crippen molar-refractivity contribution in [1.82, 2.24) is 9.66 Å². The summed E-state index contributed by atoms with van der Waals surface area (Å²) in [6.07, 6.45) is -3.13. The van der Waals surface area contributed by atoms with Gasteiger partial charge in [-0.1, -0.05) is 62.2 Å². The molecule has 0 radical (unpaired) electrons. The van der Waals surface area contributed by atoms with Crippen LogP contribution in [0.25, 0.3) is 22.3 Å². The molecule has 0 fully saturated rings. The van der Waals surface area contributed by atoms with E-state index >= 15 is 0 Å². The van der Waals surface area contributed by atoms with Crippen molar-refractivity contribution in [2.75, 3.05) is 6.61 Å². The zero-order valence-corrected chi connectivity index (χ0v) is 27.7. The lowest BCUT2D eigenvalue weighted by Crippen LogP contribution is -2.20. The molecule has 0 amide bonds. The summed E-state index contributed by atoms with van der Waals surface area (Å²) in [6, 6.07) is 20.6. The van der Waals surface area contributed by atoms with E-state index in [2.05, 4.69) is 64.5 Å². The van der Waals surface area contributed by atoms with Crippen molar-refractivity contribution < 1.29 is 22.6 Å². The zero-order chi connectivity index (χ0) is 30.7. The maximum atomic E-state index is 13.5. The Hall–Kier alpha value is -3.23. The quantitative estimate of drug-likeness (QED) is 0.116. The monoisotopic (exact) mass is 825 g/mol. The average Bonchev–Trinajstić information content (AvgIpc) is 2.97. The van der Waals surface area contributed by atoms with Crippen LogP contribution in [0.15, 0.2) is 97.7 Å². The molecule has 12 heteroatoms. The van der Waals surface area contributed by atoms with Gasteiger partial charge in [0.05, 0.1) is 32.9 Å². The van der Waals surface area contributed by atoms with Gasteiger partial charge in [0.1, 0.15) is 6.61 Å². The molecule has 220 valence electrons. The Bertz CT molecular complexity index is 1910. The number of fused-ring (bicyclic) bond motifs is 1. The number of ether oxygens (including phenoxy) is 2. The largest absolute Gasteiger partial charge is 0.490 e. The number of benzene rings is 4. The van der Waals surface area contributed by atoms with Crippen molar-refractivity contribution >= 4 is 71.6 Å². The molecular weight excluding hydrogens is 806 g/mol. The normalized spacial score (nSPS) is 11.8. The van der Waals surface area contributed by atoms with Gasteiger partial charge in [-0.15, -0.1) is 0 Å². The molecule has 5 aromatic rings. The average molecular weight is 827 g/mol. The van der Waals surface area contributed by atoms with Crippen LogP contribution in [-0.2, 0) is 12.8 Å². The Morgan fingerprint density at radius 1 is 1.00 bits per heavy atom. The molecule has 0 aliphatic carbocycles. The molecule has 0 aliphatic rings. The summed E-state index contributed by atoms with van der Waals surface area (Å²) in [5, 5.41) is 4.69. The van der Waals surface area contributed by atoms with E-state index < -0.39 is 17.3 Å². The van der Waals surface area contributed by atoms with E-state index in [1.54, 1.807) is 30.3 Å². The molecule has 5 rings (SSSR count). The Kier molecular flexibility index (Phi) is 9.57. The molecule has 0 bridgehead atoms. The lowest BCUT2D eigenvalue weighted by molar-refractivity contribution is -0.137. The van der Waals surface area contributed by atoms with Gasteiger partial charge in [0, 0.05) is 20.1 Å². The Morgan fingerprint density at radius 3 is 2.53 bits per heavy atom. The van der Waals surface area contributed by atoms with Gasteiger partial charge < -0.3 is 9.47 Å². The van der Waals surface area contributed by atoms with Gasteiger partial charge in [-0.2, -0.15) is 22.9 Å². The Balaban J connectivity index is 1.55. The summed E-state index contributed by atoms with van der Waals surface area (Å²) >= 11 is 9.13. The van der Waals surface area contributed by atoms with Crippen molar-refractivity contribution in [3.05, 3.63) is 118 Å². The lowest BCUT2D eigenvalue weighted by atomic mass is 10.1. The second kappa shape index (κ2) is 13.2. The van der Waals surface area contributed by atoms with Gasteiger partial charge in [0.15, 0.2) is 17.3 Å². The number of halogens is 6. The van der Waals surface area contributed by atoms with Gasteiger partial charge in [-0.25, -0.2) is 4.98 Å². The number of hydrogen-bond acceptors (Lipinski definition) is 5. The molecule has 6 nitrogen and oxygen atoms in total. The minimum atomic E-state index is -4.56. The summed E-state index contributed by atoms with van der Waals surface area (Å²) in [4.78, 5) is 18.0. The van der Waals surface area contributed by atoms with E-state index in [9.17, 15) is 18.0 Å². The fraction of sp³-hybridized carbons (Fsp3) is 0.129. The molecular formula is C31H21Br2F3IN3O3. The molecule has 0 saturated carbocycles. The SMILES string of the molecule is CCOc1cc(C=Nn2c(-c3cccc(C(F)(F)F)c3)nc3ccccc3c2=O)cc(I)c1OCc1ccc(Br)cc1Br. The predicted octanol–water partition coefficient (Wildman–Crippen LogP) is 9.07. The molecule has 0 N–H and O–H groups in total. The number of hydrogen-bond donors (Lipinski definition) is 0. The van der Waals surface area contributed by atoms with Crippen molar-refractivity contribution in [1.29, 1.82) is 0 Å². The first-order valence-corrected chi connectivity index (χ1v) is 15.5. The third-order valence-corrected chi connectivity index (χ3v) is 8.28. The van der Waals surface area contributed by atoms with Crippen LogP contribution in [0.4, 0.5) is 13.2 Å². The first-order chi connectivity index (χ1) is 20.5. The van der Waals surface area contributed by atoms with Gasteiger partial charge in [0.2, 0.25) is 0 Å². The fourth-order valence-corrected chi connectivity index (χ4v) is 6.17. The molecule has 0 aliphatic heterocycles. The lowest BCUT2D eigenvalue weighted by Gasteiger charge is -2.15. The highest BCUT2D eigenvalue weighted by atomic mass is 127. The van der Waals surface area contributed by atoms with Crippen LogP contribution in [0.2, 0.25) is 0 Å². The van der Waals surface area contributed by atoms with Gasteiger partial charge in [-0.3, -0.25) is 4.79 Å². The minimum Gasteiger partial charge on any atom is -0.490 e. The van der Waals surface area contributed by atoms with Crippen LogP contribution in [0.1, 0.15) is 23.6 Å². The number of rotatable bonds is 8. The number of para-hydroxylation sites is 1. The summed E-state index contributed by atoms with van der Waals surface area (Å²) in [7, 11) is 0. The van der Waals surface area contributed by atoms with Crippen LogP contribution < -0.4 is 15.0 Å². The minimum absolute atomic E-state index is 0.0224. The molecule has 0 unspecified atom stereocenters. The Morgan fingerprint density at radius 2 is 1.79 bits per heavy atom.